The van der Waals surface area contributed by atoms with Gasteiger partial charge in [0.25, 0.3) is 0 Å². The maximum Gasteiger partial charge on any atom is 0.137 e. The summed E-state index contributed by atoms with van der Waals surface area (Å²) in [5, 5.41) is 10.5. The van der Waals surface area contributed by atoms with Gasteiger partial charge in [0, 0.05) is 4.90 Å². The van der Waals surface area contributed by atoms with Crippen molar-refractivity contribution in [3.05, 3.63) is 138 Å². The van der Waals surface area contributed by atoms with Crippen molar-refractivity contribution in [2.24, 2.45) is 0 Å². The highest BCUT2D eigenvalue weighted by Gasteiger charge is 2.48. The first-order valence-electron chi connectivity index (χ1n) is 13.7. The molecular formula is C34H36O5S. The van der Waals surface area contributed by atoms with E-state index in [0.29, 0.717) is 19.8 Å². The Hall–Kier alpha value is -2.97. The largest absolute Gasteiger partial charge is 0.394 e. The lowest BCUT2D eigenvalue weighted by molar-refractivity contribution is -0.251. The highest BCUT2D eigenvalue weighted by molar-refractivity contribution is 7.99. The van der Waals surface area contributed by atoms with Crippen molar-refractivity contribution in [1.29, 1.82) is 0 Å². The van der Waals surface area contributed by atoms with Crippen LogP contribution in [0.2, 0.25) is 0 Å². The van der Waals surface area contributed by atoms with Crippen molar-refractivity contribution in [3.8, 4) is 0 Å². The van der Waals surface area contributed by atoms with Crippen molar-refractivity contribution >= 4 is 11.8 Å². The molecule has 0 spiro atoms. The number of aliphatic hydroxyl groups excluding tert-OH is 1. The lowest BCUT2D eigenvalue weighted by atomic mass is 9.99. The first kappa shape index (κ1) is 28.6. The summed E-state index contributed by atoms with van der Waals surface area (Å²) >= 11 is 1.58. The lowest BCUT2D eigenvalue weighted by Crippen LogP contribution is -2.60. The Kier molecular flexibility index (Phi) is 10.4. The molecule has 1 aliphatic rings. The minimum absolute atomic E-state index is 0.193. The predicted octanol–water partition coefficient (Wildman–Crippen LogP) is 6.56. The summed E-state index contributed by atoms with van der Waals surface area (Å²) in [5.41, 5.74) is 3.94. The van der Waals surface area contributed by atoms with Crippen LogP contribution in [0.1, 0.15) is 22.3 Å². The molecule has 5 nitrogen and oxygen atoms in total. The van der Waals surface area contributed by atoms with Crippen LogP contribution in [-0.2, 0) is 38.8 Å². The Labute approximate surface area is 241 Å². The fourth-order valence-corrected chi connectivity index (χ4v) is 5.87. The van der Waals surface area contributed by atoms with E-state index in [2.05, 4.69) is 31.2 Å². The van der Waals surface area contributed by atoms with Gasteiger partial charge in [-0.25, -0.2) is 0 Å². The Morgan fingerprint density at radius 2 is 1.05 bits per heavy atom. The number of aryl methyl sites for hydroxylation is 1. The SMILES string of the molecule is Cc1ccc(S[C@@H]2OC(CO)[C@@H](OCc3ccccc3)[C@@H](OCc3ccccc3)C2OCc2ccccc2)cc1. The Morgan fingerprint density at radius 1 is 0.600 bits per heavy atom. The molecule has 1 N–H and O–H groups in total. The number of hydrogen-bond donors (Lipinski definition) is 1. The third kappa shape index (κ3) is 7.82. The minimum Gasteiger partial charge on any atom is -0.394 e. The highest BCUT2D eigenvalue weighted by atomic mass is 32.2. The van der Waals surface area contributed by atoms with Gasteiger partial charge in [0.05, 0.1) is 26.4 Å². The molecule has 1 fully saturated rings. The van der Waals surface area contributed by atoms with Crippen molar-refractivity contribution < 1.29 is 24.1 Å². The van der Waals surface area contributed by atoms with Crippen molar-refractivity contribution in [2.45, 2.75) is 61.5 Å². The second kappa shape index (κ2) is 14.6. The molecule has 5 rings (SSSR count). The standard InChI is InChI=1S/C34H36O5S/c1-25-17-19-29(20-18-25)40-34-33(38-24-28-15-9-4-10-16-28)32(37-23-27-13-7-3-8-14-27)31(30(21-35)39-34)36-22-26-11-5-2-6-12-26/h2-20,30-35H,21-24H2,1H3/t30?,31-,32-,33?,34+/m1/s1. The molecule has 4 aromatic rings. The third-order valence-corrected chi connectivity index (χ3v) is 8.06. The molecule has 0 radical (unpaired) electrons. The van der Waals surface area contributed by atoms with Crippen LogP contribution in [0.15, 0.2) is 120 Å². The monoisotopic (exact) mass is 556 g/mol. The molecule has 208 valence electrons. The van der Waals surface area contributed by atoms with Crippen LogP contribution < -0.4 is 0 Å². The van der Waals surface area contributed by atoms with E-state index in [9.17, 15) is 5.11 Å². The third-order valence-electron chi connectivity index (χ3n) is 6.90. The van der Waals surface area contributed by atoms with Gasteiger partial charge in [0.1, 0.15) is 29.9 Å². The van der Waals surface area contributed by atoms with Gasteiger partial charge in [0.2, 0.25) is 0 Å². The maximum absolute atomic E-state index is 10.5. The van der Waals surface area contributed by atoms with E-state index in [0.717, 1.165) is 21.6 Å². The quantitative estimate of drug-likeness (QED) is 0.213. The zero-order valence-corrected chi connectivity index (χ0v) is 23.5. The topological polar surface area (TPSA) is 57.2 Å². The number of rotatable bonds is 12. The summed E-state index contributed by atoms with van der Waals surface area (Å²) in [4.78, 5) is 1.06. The van der Waals surface area contributed by atoms with Crippen LogP contribution in [0, 0.1) is 6.92 Å². The van der Waals surface area contributed by atoms with Gasteiger partial charge in [-0.05, 0) is 35.7 Å². The van der Waals surface area contributed by atoms with E-state index in [1.807, 2.05) is 91.0 Å². The van der Waals surface area contributed by atoms with Crippen LogP contribution >= 0.6 is 11.8 Å². The van der Waals surface area contributed by atoms with Gasteiger partial charge in [-0.2, -0.15) is 0 Å². The second-order valence-electron chi connectivity index (χ2n) is 9.94. The molecule has 0 aliphatic carbocycles. The molecule has 6 heteroatoms. The van der Waals surface area contributed by atoms with Gasteiger partial charge in [-0.3, -0.25) is 0 Å². The molecule has 1 heterocycles. The van der Waals surface area contributed by atoms with E-state index >= 15 is 0 Å². The van der Waals surface area contributed by atoms with Crippen LogP contribution in [-0.4, -0.2) is 41.6 Å². The van der Waals surface area contributed by atoms with Gasteiger partial charge in [-0.15, -0.1) is 0 Å². The summed E-state index contributed by atoms with van der Waals surface area (Å²) in [7, 11) is 0. The van der Waals surface area contributed by atoms with Crippen LogP contribution in [0.3, 0.4) is 0 Å². The zero-order valence-electron chi connectivity index (χ0n) is 22.7. The molecule has 0 saturated carbocycles. The number of aliphatic hydroxyl groups is 1. The van der Waals surface area contributed by atoms with Crippen LogP contribution in [0.25, 0.3) is 0 Å². The maximum atomic E-state index is 10.5. The van der Waals surface area contributed by atoms with Gasteiger partial charge in [-0.1, -0.05) is 120 Å². The first-order chi connectivity index (χ1) is 19.7. The van der Waals surface area contributed by atoms with E-state index in [-0.39, 0.29) is 6.61 Å². The Morgan fingerprint density at radius 3 is 1.52 bits per heavy atom. The molecule has 5 atom stereocenters. The van der Waals surface area contributed by atoms with Crippen molar-refractivity contribution in [1.82, 2.24) is 0 Å². The number of thioether (sulfide) groups is 1. The average Bonchev–Trinajstić information content (AvgIpc) is 3.01. The number of benzene rings is 4. The first-order valence-corrected chi connectivity index (χ1v) is 14.5. The molecule has 1 saturated heterocycles. The fourth-order valence-electron chi connectivity index (χ4n) is 4.74. The Bertz CT molecular complexity index is 1270. The summed E-state index contributed by atoms with van der Waals surface area (Å²) in [5.74, 6) is 0. The zero-order chi connectivity index (χ0) is 27.6. The van der Waals surface area contributed by atoms with E-state index in [1.165, 1.54) is 5.56 Å². The molecule has 1 aliphatic heterocycles. The number of hydrogen-bond acceptors (Lipinski definition) is 6. The van der Waals surface area contributed by atoms with E-state index in [1.54, 1.807) is 11.8 Å². The van der Waals surface area contributed by atoms with Crippen molar-refractivity contribution in [3.63, 3.8) is 0 Å². The summed E-state index contributed by atoms with van der Waals surface area (Å²) in [6, 6.07) is 38.5. The molecule has 40 heavy (non-hydrogen) atoms. The van der Waals surface area contributed by atoms with Gasteiger partial charge >= 0.3 is 0 Å². The molecule has 0 bridgehead atoms. The Balaban J connectivity index is 1.44. The summed E-state index contributed by atoms with van der Waals surface area (Å²) < 4.78 is 26.3. The highest BCUT2D eigenvalue weighted by Crippen LogP contribution is 2.38. The minimum atomic E-state index is -0.580. The normalized spacial score (nSPS) is 22.7. The van der Waals surface area contributed by atoms with Crippen LogP contribution in [0.5, 0.6) is 0 Å². The summed E-state index contributed by atoms with van der Waals surface area (Å²) in [6.45, 7) is 3.04. The fraction of sp³-hybridized carbons (Fsp3) is 0.294. The van der Waals surface area contributed by atoms with Crippen molar-refractivity contribution in [2.75, 3.05) is 6.61 Å². The molecular weight excluding hydrogens is 520 g/mol. The smallest absolute Gasteiger partial charge is 0.137 e. The van der Waals surface area contributed by atoms with Crippen LogP contribution in [0.4, 0.5) is 0 Å². The lowest BCUT2D eigenvalue weighted by Gasteiger charge is -2.45. The van der Waals surface area contributed by atoms with E-state index in [4.69, 9.17) is 18.9 Å². The molecule has 4 aromatic carbocycles. The number of ether oxygens (including phenoxy) is 4. The average molecular weight is 557 g/mol. The van der Waals surface area contributed by atoms with Gasteiger partial charge < -0.3 is 24.1 Å². The molecule has 0 aromatic heterocycles. The second-order valence-corrected chi connectivity index (χ2v) is 11.1. The predicted molar refractivity (Wildman–Crippen MR) is 158 cm³/mol. The molecule has 2 unspecified atom stereocenters. The van der Waals surface area contributed by atoms with Gasteiger partial charge in [0.15, 0.2) is 0 Å². The molecule has 0 amide bonds. The van der Waals surface area contributed by atoms with E-state index < -0.39 is 29.9 Å². The summed E-state index contributed by atoms with van der Waals surface area (Å²) in [6.07, 6.45) is -2.06.